The van der Waals surface area contributed by atoms with Crippen LogP contribution in [-0.4, -0.2) is 39.5 Å². The summed E-state index contributed by atoms with van der Waals surface area (Å²) < 4.78 is 11.5. The van der Waals surface area contributed by atoms with Gasteiger partial charge < -0.3 is 14.6 Å². The van der Waals surface area contributed by atoms with E-state index >= 15 is 0 Å². The number of aliphatic carboxylic acids is 1. The van der Waals surface area contributed by atoms with Crippen LogP contribution < -0.4 is 9.47 Å². The Morgan fingerprint density at radius 3 is 2.82 bits per heavy atom. The number of nitrogens with zero attached hydrogens (tertiary/aromatic N) is 1. The van der Waals surface area contributed by atoms with Crippen molar-refractivity contribution in [2.24, 2.45) is 0 Å². The van der Waals surface area contributed by atoms with E-state index in [1.807, 2.05) is 0 Å². The van der Waals surface area contributed by atoms with Crippen molar-refractivity contribution >= 4 is 62.2 Å². The summed E-state index contributed by atoms with van der Waals surface area (Å²) in [5.74, 6) is -0.304. The summed E-state index contributed by atoms with van der Waals surface area (Å²) in [5.41, 5.74) is 0.722. The molecule has 1 fully saturated rings. The second-order valence-corrected chi connectivity index (χ2v) is 6.92. The molecule has 9 heteroatoms. The molecule has 2 heterocycles. The van der Waals surface area contributed by atoms with Crippen LogP contribution in [0.5, 0.6) is 11.5 Å². The van der Waals surface area contributed by atoms with Gasteiger partial charge in [-0.3, -0.25) is 14.5 Å². The Labute approximate surface area is 143 Å². The number of fused-ring (bicyclic) bond motifs is 1. The monoisotopic (exact) mass is 401 g/mol. The first-order chi connectivity index (χ1) is 10.5. The van der Waals surface area contributed by atoms with Crippen LogP contribution >= 0.6 is 39.9 Å². The number of carbonyl (C=O) groups excluding carboxylic acids is 1. The highest BCUT2D eigenvalue weighted by atomic mass is 79.9. The van der Waals surface area contributed by atoms with E-state index in [0.717, 1.165) is 26.7 Å². The maximum Gasteiger partial charge on any atom is 0.323 e. The molecule has 0 unspecified atom stereocenters. The Hall–Kier alpha value is -1.58. The molecule has 6 nitrogen and oxygen atoms in total. The highest BCUT2D eigenvalue weighted by Crippen LogP contribution is 2.39. The number of carbonyl (C=O) groups is 2. The van der Waals surface area contributed by atoms with E-state index in [4.69, 9.17) is 26.8 Å². The first-order valence-electron chi connectivity index (χ1n) is 6.02. The number of benzene rings is 1. The first-order valence-corrected chi connectivity index (χ1v) is 8.04. The molecule has 1 amide bonds. The molecule has 3 rings (SSSR count). The van der Waals surface area contributed by atoms with Crippen LogP contribution in [0.15, 0.2) is 21.5 Å². The molecule has 2 aliphatic heterocycles. The van der Waals surface area contributed by atoms with Crippen LogP contribution in [0.4, 0.5) is 0 Å². The number of thiocarbonyl (C=S) groups is 1. The Morgan fingerprint density at radius 2 is 2.14 bits per heavy atom. The molecule has 2 aliphatic rings. The lowest BCUT2D eigenvalue weighted by Gasteiger charge is -2.10. The van der Waals surface area contributed by atoms with Gasteiger partial charge in [-0.1, -0.05) is 39.9 Å². The summed E-state index contributed by atoms with van der Waals surface area (Å²) in [6.07, 6.45) is 1.65. The van der Waals surface area contributed by atoms with Crippen LogP contribution in [0.1, 0.15) is 5.56 Å². The van der Waals surface area contributed by atoms with Crippen LogP contribution in [0.2, 0.25) is 0 Å². The average Bonchev–Trinajstić information content (AvgIpc) is 2.99. The van der Waals surface area contributed by atoms with Gasteiger partial charge in [0.05, 0.1) is 4.91 Å². The Morgan fingerprint density at radius 1 is 1.45 bits per heavy atom. The Bertz CT molecular complexity index is 733. The quantitative estimate of drug-likeness (QED) is 0.615. The summed E-state index contributed by atoms with van der Waals surface area (Å²) in [6.45, 7) is -0.281. The van der Waals surface area contributed by atoms with Crippen molar-refractivity contribution in [1.82, 2.24) is 4.90 Å². The van der Waals surface area contributed by atoms with Gasteiger partial charge in [-0.2, -0.15) is 0 Å². The fraction of sp³-hybridized carbons (Fsp3) is 0.154. The van der Waals surface area contributed by atoms with Gasteiger partial charge in [0.1, 0.15) is 10.9 Å². The zero-order valence-electron chi connectivity index (χ0n) is 10.9. The molecule has 0 aromatic heterocycles. The topological polar surface area (TPSA) is 76.1 Å². The second-order valence-electron chi connectivity index (χ2n) is 4.39. The third-order valence-corrected chi connectivity index (χ3v) is 5.01. The summed E-state index contributed by atoms with van der Waals surface area (Å²) in [6, 6.07) is 3.50. The van der Waals surface area contributed by atoms with E-state index in [-0.39, 0.29) is 11.1 Å². The minimum Gasteiger partial charge on any atom is -0.480 e. The SMILES string of the molecule is O=C(O)CN1C(=O)C(=Cc2cc3c(cc2Br)OCO3)SC1=S. The van der Waals surface area contributed by atoms with Crippen LogP contribution in [0.3, 0.4) is 0 Å². The molecule has 0 atom stereocenters. The van der Waals surface area contributed by atoms with Gasteiger partial charge in [-0.05, 0) is 23.8 Å². The third-order valence-electron chi connectivity index (χ3n) is 2.95. The van der Waals surface area contributed by atoms with Crippen LogP contribution in [-0.2, 0) is 9.59 Å². The Kier molecular flexibility index (Phi) is 4.11. The summed E-state index contributed by atoms with van der Waals surface area (Å²) in [7, 11) is 0. The lowest BCUT2D eigenvalue weighted by Crippen LogP contribution is -2.33. The fourth-order valence-electron chi connectivity index (χ4n) is 1.96. The Balaban J connectivity index is 1.91. The second kappa shape index (κ2) is 5.90. The standard InChI is InChI=1S/C13H8BrNO5S2/c14-7-3-9-8(19-5-20-9)1-6(7)2-10-12(18)15(4-11(16)17)13(21)22-10/h1-3H,4-5H2,(H,16,17). The maximum atomic E-state index is 12.2. The van der Waals surface area contributed by atoms with Crippen molar-refractivity contribution in [3.05, 3.63) is 27.1 Å². The fourth-order valence-corrected chi connectivity index (χ4v) is 3.64. The molecule has 0 saturated carbocycles. The van der Waals surface area contributed by atoms with E-state index in [1.165, 1.54) is 0 Å². The number of carboxylic acid groups (broad SMARTS) is 1. The molecule has 1 aromatic carbocycles. The van der Waals surface area contributed by atoms with Crippen molar-refractivity contribution in [3.8, 4) is 11.5 Å². The largest absolute Gasteiger partial charge is 0.480 e. The number of halogens is 1. The highest BCUT2D eigenvalue weighted by Gasteiger charge is 2.33. The zero-order valence-corrected chi connectivity index (χ0v) is 14.1. The molecular weight excluding hydrogens is 394 g/mol. The minimum atomic E-state index is -1.11. The predicted molar refractivity (Wildman–Crippen MR) is 87.8 cm³/mol. The normalized spacial score (nSPS) is 18.4. The number of amides is 1. The average molecular weight is 402 g/mol. The van der Waals surface area contributed by atoms with Crippen molar-refractivity contribution in [1.29, 1.82) is 0 Å². The summed E-state index contributed by atoms with van der Waals surface area (Å²) in [4.78, 5) is 24.4. The number of hydrogen-bond donors (Lipinski definition) is 1. The van der Waals surface area contributed by atoms with E-state index < -0.39 is 18.4 Å². The molecule has 1 aromatic rings. The van der Waals surface area contributed by atoms with Gasteiger partial charge in [0.15, 0.2) is 11.5 Å². The molecule has 114 valence electrons. The van der Waals surface area contributed by atoms with Crippen molar-refractivity contribution in [3.63, 3.8) is 0 Å². The molecule has 0 bridgehead atoms. The van der Waals surface area contributed by atoms with E-state index in [0.29, 0.717) is 16.4 Å². The number of thioether (sulfide) groups is 1. The molecular formula is C13H8BrNO5S2. The van der Waals surface area contributed by atoms with Gasteiger partial charge in [0.2, 0.25) is 6.79 Å². The smallest absolute Gasteiger partial charge is 0.323 e. The van der Waals surface area contributed by atoms with Gasteiger partial charge in [0, 0.05) is 4.47 Å². The number of ether oxygens (including phenoxy) is 2. The molecule has 22 heavy (non-hydrogen) atoms. The molecule has 0 aliphatic carbocycles. The summed E-state index contributed by atoms with van der Waals surface area (Å²) >= 11 is 9.53. The summed E-state index contributed by atoms with van der Waals surface area (Å²) in [5, 5.41) is 8.82. The van der Waals surface area contributed by atoms with Gasteiger partial charge in [-0.25, -0.2) is 0 Å². The highest BCUT2D eigenvalue weighted by molar-refractivity contribution is 9.10. The van der Waals surface area contributed by atoms with Crippen LogP contribution in [0.25, 0.3) is 6.08 Å². The van der Waals surface area contributed by atoms with Crippen molar-refractivity contribution in [2.75, 3.05) is 13.3 Å². The van der Waals surface area contributed by atoms with Crippen molar-refractivity contribution < 1.29 is 24.2 Å². The third kappa shape index (κ3) is 2.83. The van der Waals surface area contributed by atoms with Crippen LogP contribution in [0, 0.1) is 0 Å². The minimum absolute atomic E-state index is 0.159. The number of carboxylic acids is 1. The van der Waals surface area contributed by atoms with E-state index in [1.54, 1.807) is 18.2 Å². The molecule has 0 spiro atoms. The zero-order chi connectivity index (χ0) is 15.9. The van der Waals surface area contributed by atoms with Gasteiger partial charge >= 0.3 is 5.97 Å². The van der Waals surface area contributed by atoms with Gasteiger partial charge in [-0.15, -0.1) is 0 Å². The van der Waals surface area contributed by atoms with E-state index in [9.17, 15) is 9.59 Å². The first kappa shape index (κ1) is 15.3. The number of rotatable bonds is 3. The number of hydrogen-bond acceptors (Lipinski definition) is 6. The molecule has 1 N–H and O–H groups in total. The predicted octanol–water partition coefficient (Wildman–Crippen LogP) is 2.46. The lowest BCUT2D eigenvalue weighted by molar-refractivity contribution is -0.140. The molecule has 0 radical (unpaired) electrons. The molecule has 1 saturated heterocycles. The van der Waals surface area contributed by atoms with Gasteiger partial charge in [0.25, 0.3) is 5.91 Å². The lowest BCUT2D eigenvalue weighted by atomic mass is 10.2. The maximum absolute atomic E-state index is 12.2. The van der Waals surface area contributed by atoms with E-state index in [2.05, 4.69) is 15.9 Å². The van der Waals surface area contributed by atoms with Crippen molar-refractivity contribution in [2.45, 2.75) is 0 Å².